The highest BCUT2D eigenvalue weighted by atomic mass is 32.1. The number of hydrogen-bond acceptors (Lipinski definition) is 5. The van der Waals surface area contributed by atoms with Crippen molar-refractivity contribution in [1.82, 2.24) is 4.98 Å². The van der Waals surface area contributed by atoms with Gasteiger partial charge >= 0.3 is 5.97 Å². The molecule has 0 amide bonds. The normalized spacial score (nSPS) is 13.7. The molecule has 0 bridgehead atoms. The van der Waals surface area contributed by atoms with Crippen molar-refractivity contribution < 1.29 is 14.6 Å². The van der Waals surface area contributed by atoms with Crippen molar-refractivity contribution in [1.29, 1.82) is 0 Å². The Morgan fingerprint density at radius 3 is 2.67 bits per heavy atom. The van der Waals surface area contributed by atoms with E-state index < -0.39 is 17.5 Å². The number of ether oxygens (including phenoxy) is 1. The van der Waals surface area contributed by atoms with Gasteiger partial charge in [-0.05, 0) is 6.92 Å². The zero-order valence-corrected chi connectivity index (χ0v) is 10.1. The van der Waals surface area contributed by atoms with Crippen LogP contribution in [0.15, 0.2) is 5.38 Å². The summed E-state index contributed by atoms with van der Waals surface area (Å²) in [6.07, 6.45) is -1.19. The molecular formula is C10H15NO3S. The number of methoxy groups -OCH3 is 1. The summed E-state index contributed by atoms with van der Waals surface area (Å²) >= 11 is 1.49. The molecule has 0 aromatic carbocycles. The first-order chi connectivity index (χ1) is 6.89. The lowest BCUT2D eigenvalue weighted by atomic mass is 9.83. The van der Waals surface area contributed by atoms with E-state index in [0.29, 0.717) is 5.69 Å². The summed E-state index contributed by atoms with van der Waals surface area (Å²) in [5.41, 5.74) is -0.0133. The summed E-state index contributed by atoms with van der Waals surface area (Å²) in [6, 6.07) is 0. The van der Waals surface area contributed by atoms with E-state index in [0.717, 1.165) is 5.01 Å². The number of aryl methyl sites for hydroxylation is 1. The van der Waals surface area contributed by atoms with Crippen LogP contribution in [0.5, 0.6) is 0 Å². The molecule has 1 N–H and O–H groups in total. The van der Waals surface area contributed by atoms with E-state index in [-0.39, 0.29) is 0 Å². The average molecular weight is 229 g/mol. The molecular weight excluding hydrogens is 214 g/mol. The highest BCUT2D eigenvalue weighted by Gasteiger charge is 2.37. The number of thiazole rings is 1. The predicted molar refractivity (Wildman–Crippen MR) is 57.9 cm³/mol. The molecule has 1 rings (SSSR count). The van der Waals surface area contributed by atoms with Gasteiger partial charge in [0.2, 0.25) is 0 Å². The number of aliphatic hydroxyl groups excluding tert-OH is 1. The largest absolute Gasteiger partial charge is 0.467 e. The van der Waals surface area contributed by atoms with Crippen LogP contribution >= 0.6 is 11.3 Å². The first-order valence-electron chi connectivity index (χ1n) is 4.58. The predicted octanol–water partition coefficient (Wildman–Crippen LogP) is 1.26. The minimum Gasteiger partial charge on any atom is -0.467 e. The van der Waals surface area contributed by atoms with E-state index in [1.807, 2.05) is 12.3 Å². The van der Waals surface area contributed by atoms with Gasteiger partial charge in [0, 0.05) is 10.8 Å². The van der Waals surface area contributed by atoms with Crippen LogP contribution in [-0.4, -0.2) is 29.3 Å². The molecule has 0 fully saturated rings. The summed E-state index contributed by atoms with van der Waals surface area (Å²) in [4.78, 5) is 15.5. The lowest BCUT2D eigenvalue weighted by Crippen LogP contribution is -2.40. The zero-order chi connectivity index (χ0) is 11.6. The molecule has 1 heterocycles. The summed E-state index contributed by atoms with van der Waals surface area (Å²) in [5, 5.41) is 12.6. The quantitative estimate of drug-likeness (QED) is 0.793. The molecule has 0 radical (unpaired) electrons. The Hall–Kier alpha value is -0.940. The fourth-order valence-electron chi connectivity index (χ4n) is 1.21. The summed E-state index contributed by atoms with van der Waals surface area (Å²) in [7, 11) is 1.26. The van der Waals surface area contributed by atoms with Gasteiger partial charge in [-0.25, -0.2) is 9.78 Å². The van der Waals surface area contributed by atoms with Gasteiger partial charge in [-0.15, -0.1) is 11.3 Å². The molecule has 0 aliphatic carbocycles. The second-order valence-corrected chi connectivity index (χ2v) is 4.96. The molecule has 15 heavy (non-hydrogen) atoms. The molecule has 0 spiro atoms. The smallest absolute Gasteiger partial charge is 0.335 e. The molecule has 5 heteroatoms. The van der Waals surface area contributed by atoms with Gasteiger partial charge in [0.15, 0.2) is 6.10 Å². The van der Waals surface area contributed by atoms with Gasteiger partial charge in [-0.3, -0.25) is 0 Å². The molecule has 1 atom stereocenters. The molecule has 1 aromatic heterocycles. The number of rotatable bonds is 3. The SMILES string of the molecule is COC(=O)C(O)C(C)(C)c1csc(C)n1. The van der Waals surface area contributed by atoms with Crippen molar-refractivity contribution in [3.8, 4) is 0 Å². The highest BCUT2D eigenvalue weighted by Crippen LogP contribution is 2.28. The third kappa shape index (κ3) is 2.35. The Labute approximate surface area is 92.9 Å². The first kappa shape index (κ1) is 12.1. The maximum absolute atomic E-state index is 11.2. The van der Waals surface area contributed by atoms with Crippen molar-refractivity contribution in [2.45, 2.75) is 32.3 Å². The van der Waals surface area contributed by atoms with Crippen LogP contribution in [-0.2, 0) is 14.9 Å². The third-order valence-corrected chi connectivity index (χ3v) is 3.16. The van der Waals surface area contributed by atoms with Crippen LogP contribution in [0.25, 0.3) is 0 Å². The second kappa shape index (κ2) is 4.28. The number of aliphatic hydroxyl groups is 1. The molecule has 0 aliphatic heterocycles. The maximum Gasteiger partial charge on any atom is 0.335 e. The van der Waals surface area contributed by atoms with Crippen LogP contribution in [0.3, 0.4) is 0 Å². The third-order valence-electron chi connectivity index (χ3n) is 2.39. The van der Waals surface area contributed by atoms with Crippen molar-refractivity contribution in [3.63, 3.8) is 0 Å². The van der Waals surface area contributed by atoms with Crippen LogP contribution in [0.4, 0.5) is 0 Å². The Bertz CT molecular complexity index is 359. The van der Waals surface area contributed by atoms with Gasteiger partial charge in [0.05, 0.1) is 17.8 Å². The van der Waals surface area contributed by atoms with Crippen molar-refractivity contribution in [3.05, 3.63) is 16.1 Å². The fourth-order valence-corrected chi connectivity index (χ4v) is 2.00. The molecule has 84 valence electrons. The minimum absolute atomic E-state index is 0.634. The lowest BCUT2D eigenvalue weighted by molar-refractivity contribution is -0.153. The van der Waals surface area contributed by atoms with E-state index in [1.165, 1.54) is 18.4 Å². The Kier molecular flexibility index (Phi) is 3.46. The van der Waals surface area contributed by atoms with E-state index in [9.17, 15) is 9.90 Å². The van der Waals surface area contributed by atoms with Crippen LogP contribution in [0, 0.1) is 6.92 Å². The molecule has 1 unspecified atom stereocenters. The number of hydrogen-bond donors (Lipinski definition) is 1. The number of carbonyl (C=O) groups excluding carboxylic acids is 1. The van der Waals surface area contributed by atoms with Gasteiger partial charge in [-0.1, -0.05) is 13.8 Å². The topological polar surface area (TPSA) is 59.4 Å². The summed E-state index contributed by atoms with van der Waals surface area (Å²) < 4.78 is 4.51. The zero-order valence-electron chi connectivity index (χ0n) is 9.27. The second-order valence-electron chi connectivity index (χ2n) is 3.90. The first-order valence-corrected chi connectivity index (χ1v) is 5.46. The van der Waals surface area contributed by atoms with E-state index in [1.54, 1.807) is 13.8 Å². The maximum atomic E-state index is 11.2. The average Bonchev–Trinajstić information content (AvgIpc) is 2.63. The van der Waals surface area contributed by atoms with Crippen LogP contribution in [0.2, 0.25) is 0 Å². The summed E-state index contributed by atoms with van der Waals surface area (Å²) in [6.45, 7) is 5.42. The van der Waals surface area contributed by atoms with E-state index in [2.05, 4.69) is 9.72 Å². The molecule has 0 aliphatic rings. The number of aromatic nitrogens is 1. The van der Waals surface area contributed by atoms with Crippen molar-refractivity contribution >= 4 is 17.3 Å². The highest BCUT2D eigenvalue weighted by molar-refractivity contribution is 7.09. The number of nitrogens with zero attached hydrogens (tertiary/aromatic N) is 1. The standard InChI is InChI=1S/C10H15NO3S/c1-6-11-7(5-15-6)10(2,3)8(12)9(13)14-4/h5,8,12H,1-4H3. The molecule has 4 nitrogen and oxygen atoms in total. The number of carbonyl (C=O) groups is 1. The van der Waals surface area contributed by atoms with E-state index in [4.69, 9.17) is 0 Å². The molecule has 0 saturated heterocycles. The van der Waals surface area contributed by atoms with Crippen molar-refractivity contribution in [2.75, 3.05) is 7.11 Å². The Morgan fingerprint density at radius 1 is 1.67 bits per heavy atom. The van der Waals surface area contributed by atoms with Crippen LogP contribution in [0.1, 0.15) is 24.5 Å². The van der Waals surface area contributed by atoms with Gasteiger partial charge in [0.1, 0.15) is 0 Å². The number of esters is 1. The minimum atomic E-state index is -1.19. The Morgan fingerprint density at radius 2 is 2.27 bits per heavy atom. The van der Waals surface area contributed by atoms with Gasteiger partial charge in [0.25, 0.3) is 0 Å². The molecule has 0 saturated carbocycles. The van der Waals surface area contributed by atoms with Gasteiger partial charge in [-0.2, -0.15) is 0 Å². The molecule has 1 aromatic rings. The lowest BCUT2D eigenvalue weighted by Gasteiger charge is -2.26. The van der Waals surface area contributed by atoms with Crippen molar-refractivity contribution in [2.24, 2.45) is 0 Å². The van der Waals surface area contributed by atoms with E-state index >= 15 is 0 Å². The fraction of sp³-hybridized carbons (Fsp3) is 0.600. The summed E-state index contributed by atoms with van der Waals surface area (Å²) in [5.74, 6) is -0.634. The van der Waals surface area contributed by atoms with Gasteiger partial charge < -0.3 is 9.84 Å². The monoisotopic (exact) mass is 229 g/mol. The van der Waals surface area contributed by atoms with Crippen LogP contribution < -0.4 is 0 Å². The Balaban J connectivity index is 2.96.